The number of primary sulfonamides is 1. The van der Waals surface area contributed by atoms with Gasteiger partial charge in [-0.05, 0) is 6.92 Å². The lowest BCUT2D eigenvalue weighted by Crippen LogP contribution is -2.12. The van der Waals surface area contributed by atoms with Crippen molar-refractivity contribution in [1.29, 1.82) is 0 Å². The summed E-state index contributed by atoms with van der Waals surface area (Å²) in [6, 6.07) is 0. The van der Waals surface area contributed by atoms with Gasteiger partial charge in [0.2, 0.25) is 10.0 Å². The van der Waals surface area contributed by atoms with Gasteiger partial charge in [0.05, 0.1) is 10.7 Å². The molecular formula is C8H13ClN2O4S. The van der Waals surface area contributed by atoms with Crippen LogP contribution in [-0.4, -0.2) is 24.7 Å². The Morgan fingerprint density at radius 1 is 1.69 bits per heavy atom. The van der Waals surface area contributed by atoms with Crippen molar-refractivity contribution in [2.75, 3.05) is 6.61 Å². The molecule has 92 valence electrons. The van der Waals surface area contributed by atoms with Crippen molar-refractivity contribution in [1.82, 2.24) is 4.57 Å². The number of aliphatic hydroxyl groups excluding tert-OH is 1. The zero-order valence-corrected chi connectivity index (χ0v) is 10.4. The molecule has 8 heteroatoms. The first-order chi connectivity index (χ1) is 7.29. The fourth-order valence-corrected chi connectivity index (χ4v) is 2.56. The van der Waals surface area contributed by atoms with E-state index in [0.717, 1.165) is 0 Å². The first-order valence-electron chi connectivity index (χ1n) is 4.46. The molecule has 0 spiro atoms. The first-order valence-corrected chi connectivity index (χ1v) is 6.38. The molecular weight excluding hydrogens is 256 g/mol. The molecule has 0 saturated carbocycles. The highest BCUT2D eigenvalue weighted by atomic mass is 35.5. The summed E-state index contributed by atoms with van der Waals surface area (Å²) >= 11 is 5.82. The van der Waals surface area contributed by atoms with Crippen LogP contribution >= 0.6 is 11.6 Å². The third kappa shape index (κ3) is 2.55. The Balaban J connectivity index is 3.28. The number of aromatic nitrogens is 1. The van der Waals surface area contributed by atoms with Crippen molar-refractivity contribution in [2.24, 2.45) is 12.2 Å². The predicted molar refractivity (Wildman–Crippen MR) is 58.4 cm³/mol. The fraction of sp³-hybridized carbons (Fsp3) is 0.500. The van der Waals surface area contributed by atoms with Gasteiger partial charge in [-0.3, -0.25) is 0 Å². The quantitative estimate of drug-likeness (QED) is 0.771. The molecule has 1 aromatic rings. The molecule has 0 aliphatic heterocycles. The standard InChI is InChI=1S/C8H13ClN2O4S/c1-3-15-8(12)7-6(9)5(4-11(7)2)16(10,13)14/h4,8,12H,3H2,1-2H3,(H2,10,13,14). The van der Waals surface area contributed by atoms with E-state index >= 15 is 0 Å². The lowest BCUT2D eigenvalue weighted by atomic mass is 10.4. The van der Waals surface area contributed by atoms with Crippen LogP contribution in [0.2, 0.25) is 5.02 Å². The largest absolute Gasteiger partial charge is 0.363 e. The second-order valence-corrected chi connectivity index (χ2v) is 5.06. The summed E-state index contributed by atoms with van der Waals surface area (Å²) in [4.78, 5) is -0.231. The highest BCUT2D eigenvalue weighted by Gasteiger charge is 2.24. The van der Waals surface area contributed by atoms with Crippen molar-refractivity contribution < 1.29 is 18.3 Å². The number of hydrogen-bond donors (Lipinski definition) is 2. The summed E-state index contributed by atoms with van der Waals surface area (Å²) in [7, 11) is -2.36. The van der Waals surface area contributed by atoms with Crippen molar-refractivity contribution >= 4 is 21.6 Å². The number of nitrogens with zero attached hydrogens (tertiary/aromatic N) is 1. The van der Waals surface area contributed by atoms with Gasteiger partial charge in [0.1, 0.15) is 4.90 Å². The molecule has 0 aliphatic carbocycles. The average Bonchev–Trinajstić information content (AvgIpc) is 2.41. The molecule has 0 radical (unpaired) electrons. The second-order valence-electron chi connectivity index (χ2n) is 3.16. The second kappa shape index (κ2) is 4.72. The van der Waals surface area contributed by atoms with Gasteiger partial charge < -0.3 is 14.4 Å². The number of aliphatic hydroxyl groups is 1. The molecule has 0 aliphatic rings. The highest BCUT2D eigenvalue weighted by molar-refractivity contribution is 7.89. The molecule has 1 unspecified atom stereocenters. The number of nitrogens with two attached hydrogens (primary N) is 1. The molecule has 6 nitrogen and oxygen atoms in total. The minimum atomic E-state index is -3.90. The molecule has 1 atom stereocenters. The summed E-state index contributed by atoms with van der Waals surface area (Å²) in [6.45, 7) is 1.97. The third-order valence-corrected chi connectivity index (χ3v) is 3.43. The fourth-order valence-electron chi connectivity index (χ4n) is 1.30. The molecule has 16 heavy (non-hydrogen) atoms. The maximum Gasteiger partial charge on any atom is 0.241 e. The third-order valence-electron chi connectivity index (χ3n) is 2.00. The first kappa shape index (κ1) is 13.5. The predicted octanol–water partition coefficient (Wildman–Crippen LogP) is 0.353. The lowest BCUT2D eigenvalue weighted by Gasteiger charge is -2.12. The molecule has 0 bridgehead atoms. The zero-order valence-electron chi connectivity index (χ0n) is 8.84. The van der Waals surface area contributed by atoms with E-state index in [-0.39, 0.29) is 22.2 Å². The van der Waals surface area contributed by atoms with Gasteiger partial charge in [-0.25, -0.2) is 13.6 Å². The van der Waals surface area contributed by atoms with Crippen LogP contribution < -0.4 is 5.14 Å². The van der Waals surface area contributed by atoms with E-state index in [1.807, 2.05) is 0 Å². The van der Waals surface area contributed by atoms with Crippen LogP contribution in [0.5, 0.6) is 0 Å². The van der Waals surface area contributed by atoms with E-state index in [1.165, 1.54) is 17.8 Å². The molecule has 1 heterocycles. The van der Waals surface area contributed by atoms with Gasteiger partial charge in [-0.2, -0.15) is 0 Å². The molecule has 0 aromatic carbocycles. The minimum absolute atomic E-state index is 0.119. The normalized spacial score (nSPS) is 14.1. The van der Waals surface area contributed by atoms with E-state index in [2.05, 4.69) is 0 Å². The van der Waals surface area contributed by atoms with E-state index in [0.29, 0.717) is 0 Å². The minimum Gasteiger partial charge on any atom is -0.363 e. The summed E-state index contributed by atoms with van der Waals surface area (Å²) in [5, 5.41) is 14.4. The molecule has 0 fully saturated rings. The molecule has 1 rings (SSSR count). The molecule has 0 amide bonds. The van der Waals surface area contributed by atoms with Crippen molar-refractivity contribution in [3.8, 4) is 0 Å². The van der Waals surface area contributed by atoms with Gasteiger partial charge >= 0.3 is 0 Å². The Kier molecular flexibility index (Phi) is 3.97. The van der Waals surface area contributed by atoms with E-state index < -0.39 is 16.3 Å². The van der Waals surface area contributed by atoms with Crippen LogP contribution in [0.1, 0.15) is 18.9 Å². The molecule has 0 saturated heterocycles. The monoisotopic (exact) mass is 268 g/mol. The van der Waals surface area contributed by atoms with E-state index in [1.54, 1.807) is 6.92 Å². The van der Waals surface area contributed by atoms with Crippen molar-refractivity contribution in [3.05, 3.63) is 16.9 Å². The van der Waals surface area contributed by atoms with Crippen LogP contribution in [0.25, 0.3) is 0 Å². The SMILES string of the molecule is CCOC(O)c1c(Cl)c(S(N)(=O)=O)cn1C. The maximum absolute atomic E-state index is 11.2. The Morgan fingerprint density at radius 2 is 2.25 bits per heavy atom. The number of ether oxygens (including phenoxy) is 1. The van der Waals surface area contributed by atoms with Gasteiger partial charge in [-0.1, -0.05) is 11.6 Å². The maximum atomic E-state index is 11.2. The van der Waals surface area contributed by atoms with Crippen molar-refractivity contribution in [3.63, 3.8) is 0 Å². The summed E-state index contributed by atoms with van der Waals surface area (Å²) in [6.07, 6.45) is -0.0482. The average molecular weight is 269 g/mol. The molecule has 3 N–H and O–H groups in total. The summed E-state index contributed by atoms with van der Waals surface area (Å²) in [5.41, 5.74) is 0.160. The van der Waals surface area contributed by atoms with Crippen LogP contribution in [0.15, 0.2) is 11.1 Å². The summed E-state index contributed by atoms with van der Waals surface area (Å²) in [5.74, 6) is 0. The van der Waals surface area contributed by atoms with Gasteiger partial charge in [0, 0.05) is 19.9 Å². The van der Waals surface area contributed by atoms with Gasteiger partial charge in [-0.15, -0.1) is 0 Å². The van der Waals surface area contributed by atoms with Gasteiger partial charge in [0.25, 0.3) is 0 Å². The Labute approximate surface area is 98.6 Å². The Morgan fingerprint density at radius 3 is 2.62 bits per heavy atom. The number of aryl methyl sites for hydroxylation is 1. The van der Waals surface area contributed by atoms with Gasteiger partial charge in [0.15, 0.2) is 6.29 Å². The van der Waals surface area contributed by atoms with Crippen LogP contribution in [-0.2, 0) is 21.8 Å². The number of sulfonamides is 1. The number of rotatable bonds is 4. The highest BCUT2D eigenvalue weighted by Crippen LogP contribution is 2.30. The lowest BCUT2D eigenvalue weighted by molar-refractivity contribution is -0.102. The number of hydrogen-bond acceptors (Lipinski definition) is 4. The van der Waals surface area contributed by atoms with E-state index in [9.17, 15) is 13.5 Å². The zero-order chi connectivity index (χ0) is 12.5. The summed E-state index contributed by atoms with van der Waals surface area (Å²) < 4.78 is 28.6. The topological polar surface area (TPSA) is 94.6 Å². The van der Waals surface area contributed by atoms with Crippen LogP contribution in [0, 0.1) is 0 Å². The van der Waals surface area contributed by atoms with Crippen molar-refractivity contribution in [2.45, 2.75) is 18.1 Å². The smallest absolute Gasteiger partial charge is 0.241 e. The van der Waals surface area contributed by atoms with Crippen LogP contribution in [0.3, 0.4) is 0 Å². The van der Waals surface area contributed by atoms with E-state index in [4.69, 9.17) is 21.5 Å². The van der Waals surface area contributed by atoms with Crippen LogP contribution in [0.4, 0.5) is 0 Å². The Bertz CT molecular complexity index is 482. The molecule has 1 aromatic heterocycles. The Hall–Kier alpha value is -0.600. The number of halogens is 1.